The van der Waals surface area contributed by atoms with Gasteiger partial charge in [-0.05, 0) is 43.4 Å². The van der Waals surface area contributed by atoms with Gasteiger partial charge < -0.3 is 24.4 Å². The quantitative estimate of drug-likeness (QED) is 0.560. The van der Waals surface area contributed by atoms with Crippen molar-refractivity contribution < 1.29 is 19.0 Å². The largest absolute Gasteiger partial charge is 0.450 e. The fourth-order valence-corrected chi connectivity index (χ4v) is 5.12. The number of methoxy groups -OCH3 is 2. The van der Waals surface area contributed by atoms with E-state index in [0.717, 1.165) is 45.6 Å². The van der Waals surface area contributed by atoms with Crippen LogP contribution in [0.4, 0.5) is 4.79 Å². The van der Waals surface area contributed by atoms with Gasteiger partial charge in [-0.3, -0.25) is 4.90 Å². The van der Waals surface area contributed by atoms with Crippen molar-refractivity contribution in [2.24, 2.45) is 5.92 Å². The maximum Gasteiger partial charge on any atom is 0.409 e. The predicted molar refractivity (Wildman–Crippen MR) is 147 cm³/mol. The Hall–Kier alpha value is -2.45. The molecule has 0 saturated carbocycles. The molecule has 2 fully saturated rings. The molecule has 0 bridgehead atoms. The highest BCUT2D eigenvalue weighted by Crippen LogP contribution is 2.21. The van der Waals surface area contributed by atoms with Crippen molar-refractivity contribution in [3.05, 3.63) is 71.8 Å². The van der Waals surface area contributed by atoms with E-state index in [0.29, 0.717) is 25.1 Å². The van der Waals surface area contributed by atoms with Gasteiger partial charge in [0.25, 0.3) is 0 Å². The van der Waals surface area contributed by atoms with E-state index in [9.17, 15) is 4.79 Å². The van der Waals surface area contributed by atoms with Gasteiger partial charge in [0, 0.05) is 46.4 Å². The van der Waals surface area contributed by atoms with Crippen molar-refractivity contribution in [3.8, 4) is 0 Å². The van der Waals surface area contributed by atoms with Crippen LogP contribution in [-0.2, 0) is 27.3 Å². The maximum absolute atomic E-state index is 11.4. The van der Waals surface area contributed by atoms with Crippen LogP contribution in [0.5, 0.6) is 0 Å². The Balaban J connectivity index is 0.000000233. The fraction of sp³-hybridized carbons (Fsp3) is 0.567. The van der Waals surface area contributed by atoms with Crippen LogP contribution in [0.3, 0.4) is 0 Å². The molecule has 0 aliphatic carbocycles. The molecule has 4 atom stereocenters. The molecule has 2 saturated heterocycles. The lowest BCUT2D eigenvalue weighted by molar-refractivity contribution is -0.00919. The summed E-state index contributed by atoms with van der Waals surface area (Å²) >= 11 is 0. The van der Waals surface area contributed by atoms with Crippen molar-refractivity contribution in [3.63, 3.8) is 0 Å². The van der Waals surface area contributed by atoms with Crippen LogP contribution in [0.15, 0.2) is 60.7 Å². The third kappa shape index (κ3) is 9.11. The Kier molecular flexibility index (Phi) is 12.4. The predicted octanol–water partition coefficient (Wildman–Crippen LogP) is 4.57. The lowest BCUT2D eigenvalue weighted by atomic mass is 9.96. The zero-order chi connectivity index (χ0) is 26.5. The molecule has 2 aromatic rings. The highest BCUT2D eigenvalue weighted by Gasteiger charge is 2.31. The Morgan fingerprint density at radius 2 is 1.54 bits per heavy atom. The van der Waals surface area contributed by atoms with Crippen LogP contribution >= 0.6 is 0 Å². The van der Waals surface area contributed by atoms with E-state index < -0.39 is 0 Å². The Labute approximate surface area is 223 Å². The highest BCUT2D eigenvalue weighted by atomic mass is 16.6. The van der Waals surface area contributed by atoms with E-state index in [-0.39, 0.29) is 18.3 Å². The lowest BCUT2D eigenvalue weighted by Crippen LogP contribution is -2.53. The second kappa shape index (κ2) is 15.7. The maximum atomic E-state index is 11.4. The average Bonchev–Trinajstić information content (AvgIpc) is 2.94. The van der Waals surface area contributed by atoms with E-state index in [2.05, 4.69) is 77.8 Å². The van der Waals surface area contributed by atoms with Gasteiger partial charge in [0.05, 0.1) is 25.4 Å². The van der Waals surface area contributed by atoms with Crippen LogP contribution in [0.1, 0.15) is 37.8 Å². The first-order chi connectivity index (χ1) is 18.0. The lowest BCUT2D eigenvalue weighted by Gasteiger charge is -2.39. The van der Waals surface area contributed by atoms with Gasteiger partial charge in [0.2, 0.25) is 0 Å². The molecule has 2 aliphatic heterocycles. The first-order valence-electron chi connectivity index (χ1n) is 13.6. The number of nitrogens with zero attached hydrogens (tertiary/aromatic N) is 2. The first-order valence-corrected chi connectivity index (χ1v) is 13.6. The molecule has 1 N–H and O–H groups in total. The molecular formula is C30H45N3O4. The van der Waals surface area contributed by atoms with Gasteiger partial charge in [-0.15, -0.1) is 0 Å². The number of rotatable bonds is 8. The molecule has 37 heavy (non-hydrogen) atoms. The number of benzene rings is 2. The molecule has 2 heterocycles. The zero-order valence-corrected chi connectivity index (χ0v) is 23.0. The van der Waals surface area contributed by atoms with Crippen molar-refractivity contribution in [2.75, 3.05) is 47.0 Å². The van der Waals surface area contributed by atoms with Gasteiger partial charge in [0.15, 0.2) is 0 Å². The number of hydrogen-bond donors (Lipinski definition) is 1. The number of carbonyl (C=O) groups is 1. The summed E-state index contributed by atoms with van der Waals surface area (Å²) in [6.45, 7) is 9.74. The average molecular weight is 512 g/mol. The molecule has 0 spiro atoms. The summed E-state index contributed by atoms with van der Waals surface area (Å²) < 4.78 is 16.0. The molecule has 0 aromatic heterocycles. The Morgan fingerprint density at radius 3 is 2.08 bits per heavy atom. The summed E-state index contributed by atoms with van der Waals surface area (Å²) in [5, 5.41) is 3.45. The Morgan fingerprint density at radius 1 is 0.946 bits per heavy atom. The second-order valence-corrected chi connectivity index (χ2v) is 9.90. The molecule has 2 aromatic carbocycles. The molecule has 204 valence electrons. The SMILES string of the molecule is CCOC(=O)N1CCC(C)C(OC)C1.COC1CNCCC1N(Cc1ccccc1)Cc1ccccc1. The molecular weight excluding hydrogens is 466 g/mol. The third-order valence-electron chi connectivity index (χ3n) is 7.34. The van der Waals surface area contributed by atoms with E-state index in [1.54, 1.807) is 12.0 Å². The first kappa shape index (κ1) is 29.1. The summed E-state index contributed by atoms with van der Waals surface area (Å²) in [4.78, 5) is 15.7. The number of carbonyl (C=O) groups excluding carboxylic acids is 1. The molecule has 7 nitrogen and oxygen atoms in total. The van der Waals surface area contributed by atoms with Gasteiger partial charge >= 0.3 is 6.09 Å². The van der Waals surface area contributed by atoms with Gasteiger partial charge in [-0.2, -0.15) is 0 Å². The summed E-state index contributed by atoms with van der Waals surface area (Å²) in [6, 6.07) is 21.9. The van der Waals surface area contributed by atoms with E-state index in [4.69, 9.17) is 14.2 Å². The smallest absolute Gasteiger partial charge is 0.409 e. The summed E-state index contributed by atoms with van der Waals surface area (Å²) in [6.07, 6.45) is 2.28. The third-order valence-corrected chi connectivity index (χ3v) is 7.34. The summed E-state index contributed by atoms with van der Waals surface area (Å²) in [7, 11) is 3.52. The second-order valence-electron chi connectivity index (χ2n) is 9.90. The Bertz CT molecular complexity index is 857. The standard InChI is InChI=1S/C20H26N2O.C10H19NO3/c1-23-20-14-21-13-12-19(20)22(15-17-8-4-2-5-9-17)16-18-10-6-3-7-11-18;1-4-14-10(12)11-6-5-8(2)9(7-11)13-3/h2-11,19-21H,12-16H2,1H3;8-9H,4-7H2,1-3H3. The molecule has 2 aliphatic rings. The van der Waals surface area contributed by atoms with Crippen LogP contribution in [0.2, 0.25) is 0 Å². The minimum atomic E-state index is -0.221. The molecule has 1 amide bonds. The number of hydrogen-bond acceptors (Lipinski definition) is 6. The molecule has 4 unspecified atom stereocenters. The minimum Gasteiger partial charge on any atom is -0.450 e. The van der Waals surface area contributed by atoms with E-state index in [1.165, 1.54) is 11.1 Å². The number of ether oxygens (including phenoxy) is 3. The van der Waals surface area contributed by atoms with Crippen LogP contribution in [0.25, 0.3) is 0 Å². The van der Waals surface area contributed by atoms with Crippen LogP contribution in [-0.4, -0.2) is 81.1 Å². The monoisotopic (exact) mass is 511 g/mol. The van der Waals surface area contributed by atoms with Gasteiger partial charge in [-0.1, -0.05) is 67.6 Å². The summed E-state index contributed by atoms with van der Waals surface area (Å²) in [5.74, 6) is 0.519. The fourth-order valence-electron chi connectivity index (χ4n) is 5.12. The van der Waals surface area contributed by atoms with Crippen LogP contribution < -0.4 is 5.32 Å². The number of nitrogens with one attached hydrogen (secondary N) is 1. The number of amides is 1. The van der Waals surface area contributed by atoms with E-state index in [1.807, 2.05) is 14.0 Å². The molecule has 4 rings (SSSR count). The number of piperidine rings is 2. The van der Waals surface area contributed by atoms with Crippen molar-refractivity contribution in [1.82, 2.24) is 15.1 Å². The number of likely N-dealkylation sites (tertiary alicyclic amines) is 1. The highest BCUT2D eigenvalue weighted by molar-refractivity contribution is 5.67. The zero-order valence-electron chi connectivity index (χ0n) is 23.0. The van der Waals surface area contributed by atoms with Gasteiger partial charge in [0.1, 0.15) is 0 Å². The van der Waals surface area contributed by atoms with Crippen molar-refractivity contribution in [1.29, 1.82) is 0 Å². The van der Waals surface area contributed by atoms with Crippen molar-refractivity contribution >= 4 is 6.09 Å². The molecule has 0 radical (unpaired) electrons. The van der Waals surface area contributed by atoms with Gasteiger partial charge in [-0.25, -0.2) is 4.79 Å². The van der Waals surface area contributed by atoms with Crippen LogP contribution in [0, 0.1) is 5.92 Å². The van der Waals surface area contributed by atoms with E-state index >= 15 is 0 Å². The minimum absolute atomic E-state index is 0.146. The normalized spacial score (nSPS) is 23.8. The summed E-state index contributed by atoms with van der Waals surface area (Å²) in [5.41, 5.74) is 2.72. The molecule has 7 heteroatoms. The van der Waals surface area contributed by atoms with Crippen molar-refractivity contribution in [2.45, 2.75) is 58.0 Å². The topological polar surface area (TPSA) is 63.3 Å².